The first kappa shape index (κ1) is 13.8. The lowest BCUT2D eigenvalue weighted by molar-refractivity contribution is -0.119. The number of carbonyl (C=O) groups excluding carboxylic acids is 1. The number of amides is 1. The van der Waals surface area contributed by atoms with Gasteiger partial charge in [-0.1, -0.05) is 0 Å². The molecule has 0 fully saturated rings. The Balaban J connectivity index is 2.62. The van der Waals surface area contributed by atoms with Crippen LogP contribution in [-0.2, 0) is 4.79 Å². The molecule has 98 valence electrons. The van der Waals surface area contributed by atoms with E-state index in [9.17, 15) is 4.79 Å². The number of ether oxygens (including phenoxy) is 2. The summed E-state index contributed by atoms with van der Waals surface area (Å²) in [5.74, 6) is 6.19. The van der Waals surface area contributed by atoms with Crippen molar-refractivity contribution in [1.29, 1.82) is 0 Å². The van der Waals surface area contributed by atoms with E-state index in [1.807, 2.05) is 6.07 Å². The van der Waals surface area contributed by atoms with Gasteiger partial charge >= 0.3 is 0 Å². The molecule has 0 aromatic heterocycles. The zero-order valence-electron chi connectivity index (χ0n) is 10.5. The minimum absolute atomic E-state index is 0.0833. The summed E-state index contributed by atoms with van der Waals surface area (Å²) in [6, 6.07) is 5.35. The molecule has 0 aliphatic rings. The molecule has 1 rings (SSSR count). The molecule has 0 spiro atoms. The summed E-state index contributed by atoms with van der Waals surface area (Å²) in [6.45, 7) is 2.28. The van der Waals surface area contributed by atoms with Crippen LogP contribution in [0.5, 0.6) is 11.5 Å². The third-order valence-electron chi connectivity index (χ3n) is 2.14. The van der Waals surface area contributed by atoms with Crippen molar-refractivity contribution >= 4 is 12.1 Å². The Hall–Kier alpha value is -2.24. The summed E-state index contributed by atoms with van der Waals surface area (Å²) in [7, 11) is 1.55. The van der Waals surface area contributed by atoms with Crippen molar-refractivity contribution in [2.75, 3.05) is 20.3 Å². The lowest BCUT2D eigenvalue weighted by Crippen LogP contribution is -2.25. The van der Waals surface area contributed by atoms with E-state index >= 15 is 0 Å². The molecule has 1 aromatic rings. The van der Waals surface area contributed by atoms with Gasteiger partial charge in [0.1, 0.15) is 6.61 Å². The van der Waals surface area contributed by atoms with Crippen LogP contribution >= 0.6 is 0 Å². The maximum Gasteiger partial charge on any atom is 0.216 e. The first-order chi connectivity index (χ1) is 8.67. The Morgan fingerprint density at radius 2 is 2.28 bits per heavy atom. The first-order valence-corrected chi connectivity index (χ1v) is 5.46. The Bertz CT molecular complexity index is 433. The van der Waals surface area contributed by atoms with Gasteiger partial charge in [0.05, 0.1) is 19.9 Å². The smallest absolute Gasteiger partial charge is 0.216 e. The lowest BCUT2D eigenvalue weighted by Gasteiger charge is -2.11. The van der Waals surface area contributed by atoms with E-state index in [1.54, 1.807) is 19.2 Å². The summed E-state index contributed by atoms with van der Waals surface area (Å²) >= 11 is 0. The highest BCUT2D eigenvalue weighted by molar-refractivity contribution is 5.80. The average molecular weight is 251 g/mol. The summed E-state index contributed by atoms with van der Waals surface area (Å²) in [4.78, 5) is 10.7. The van der Waals surface area contributed by atoms with Gasteiger partial charge in [0.2, 0.25) is 5.91 Å². The second-order valence-corrected chi connectivity index (χ2v) is 3.52. The standard InChI is InChI=1S/C12H17N3O3/c1-9(16)14-5-6-18-11-4-3-10(8-15-13)7-12(11)17-2/h3-4,7-8H,5-6,13H2,1-2H3,(H,14,16). The maximum absolute atomic E-state index is 10.7. The molecule has 0 unspecified atom stereocenters. The van der Waals surface area contributed by atoms with Crippen molar-refractivity contribution < 1.29 is 14.3 Å². The predicted octanol–water partition coefficient (Wildman–Crippen LogP) is 0.503. The van der Waals surface area contributed by atoms with Crippen LogP contribution in [0.15, 0.2) is 23.3 Å². The van der Waals surface area contributed by atoms with Gasteiger partial charge in [-0.05, 0) is 23.8 Å². The zero-order chi connectivity index (χ0) is 13.4. The Morgan fingerprint density at radius 3 is 2.89 bits per heavy atom. The Labute approximate surface area is 106 Å². The van der Waals surface area contributed by atoms with E-state index in [-0.39, 0.29) is 5.91 Å². The maximum atomic E-state index is 10.7. The van der Waals surface area contributed by atoms with E-state index in [0.29, 0.717) is 24.7 Å². The molecule has 0 radical (unpaired) electrons. The summed E-state index contributed by atoms with van der Waals surface area (Å²) in [5, 5.41) is 6.08. The molecule has 0 aliphatic carbocycles. The van der Waals surface area contributed by atoms with Crippen molar-refractivity contribution in [3.63, 3.8) is 0 Å². The van der Waals surface area contributed by atoms with Gasteiger partial charge in [-0.2, -0.15) is 5.10 Å². The van der Waals surface area contributed by atoms with Crippen molar-refractivity contribution in [3.8, 4) is 11.5 Å². The SMILES string of the molecule is COc1cc(C=NN)ccc1OCCNC(C)=O. The van der Waals surface area contributed by atoms with Crippen LogP contribution in [0.3, 0.4) is 0 Å². The highest BCUT2D eigenvalue weighted by atomic mass is 16.5. The molecular weight excluding hydrogens is 234 g/mol. The van der Waals surface area contributed by atoms with E-state index in [4.69, 9.17) is 15.3 Å². The number of hydrogen-bond donors (Lipinski definition) is 2. The quantitative estimate of drug-likeness (QED) is 0.334. The van der Waals surface area contributed by atoms with Gasteiger partial charge in [-0.15, -0.1) is 0 Å². The number of benzene rings is 1. The highest BCUT2D eigenvalue weighted by Gasteiger charge is 2.04. The number of rotatable bonds is 6. The minimum Gasteiger partial charge on any atom is -0.493 e. The Morgan fingerprint density at radius 1 is 1.50 bits per heavy atom. The number of hydrazone groups is 1. The fraction of sp³-hybridized carbons (Fsp3) is 0.333. The summed E-state index contributed by atoms with van der Waals surface area (Å²) in [5.41, 5.74) is 0.823. The van der Waals surface area contributed by atoms with Gasteiger partial charge < -0.3 is 20.6 Å². The molecule has 0 aliphatic heterocycles. The molecule has 0 heterocycles. The molecule has 1 amide bonds. The second kappa shape index (κ2) is 7.16. The fourth-order valence-electron chi connectivity index (χ4n) is 1.36. The van der Waals surface area contributed by atoms with Crippen molar-refractivity contribution in [2.24, 2.45) is 10.9 Å². The minimum atomic E-state index is -0.0833. The normalized spacial score (nSPS) is 10.3. The van der Waals surface area contributed by atoms with Gasteiger partial charge in [0, 0.05) is 6.92 Å². The molecular formula is C12H17N3O3. The van der Waals surface area contributed by atoms with Gasteiger partial charge in [-0.25, -0.2) is 0 Å². The molecule has 0 bridgehead atoms. The van der Waals surface area contributed by atoms with E-state index in [1.165, 1.54) is 13.1 Å². The largest absolute Gasteiger partial charge is 0.493 e. The van der Waals surface area contributed by atoms with Gasteiger partial charge in [-0.3, -0.25) is 4.79 Å². The molecule has 6 heteroatoms. The topological polar surface area (TPSA) is 85.9 Å². The van der Waals surface area contributed by atoms with Crippen LogP contribution in [0.2, 0.25) is 0 Å². The highest BCUT2D eigenvalue weighted by Crippen LogP contribution is 2.27. The van der Waals surface area contributed by atoms with E-state index in [0.717, 1.165) is 5.56 Å². The molecule has 3 N–H and O–H groups in total. The molecule has 1 aromatic carbocycles. The van der Waals surface area contributed by atoms with Crippen LogP contribution in [0.1, 0.15) is 12.5 Å². The molecule has 0 saturated heterocycles. The average Bonchev–Trinajstić information content (AvgIpc) is 2.35. The third kappa shape index (κ3) is 4.32. The molecule has 0 atom stereocenters. The number of nitrogens with two attached hydrogens (primary N) is 1. The summed E-state index contributed by atoms with van der Waals surface area (Å²) < 4.78 is 10.7. The van der Waals surface area contributed by atoms with Crippen molar-refractivity contribution in [3.05, 3.63) is 23.8 Å². The van der Waals surface area contributed by atoms with Crippen LogP contribution < -0.4 is 20.6 Å². The van der Waals surface area contributed by atoms with E-state index < -0.39 is 0 Å². The van der Waals surface area contributed by atoms with Gasteiger partial charge in [0.15, 0.2) is 11.5 Å². The number of nitrogens with one attached hydrogen (secondary N) is 1. The Kier molecular flexibility index (Phi) is 5.50. The lowest BCUT2D eigenvalue weighted by atomic mass is 10.2. The van der Waals surface area contributed by atoms with Crippen LogP contribution in [0, 0.1) is 0 Å². The first-order valence-electron chi connectivity index (χ1n) is 5.46. The zero-order valence-corrected chi connectivity index (χ0v) is 10.5. The third-order valence-corrected chi connectivity index (χ3v) is 2.14. The van der Waals surface area contributed by atoms with Crippen LogP contribution in [0.25, 0.3) is 0 Å². The van der Waals surface area contributed by atoms with Crippen LogP contribution in [0.4, 0.5) is 0 Å². The molecule has 0 saturated carbocycles. The number of nitrogens with zero attached hydrogens (tertiary/aromatic N) is 1. The van der Waals surface area contributed by atoms with Gasteiger partial charge in [0.25, 0.3) is 0 Å². The second-order valence-electron chi connectivity index (χ2n) is 3.52. The predicted molar refractivity (Wildman–Crippen MR) is 69.0 cm³/mol. The number of carbonyl (C=O) groups is 1. The van der Waals surface area contributed by atoms with Crippen molar-refractivity contribution in [2.45, 2.75) is 6.92 Å². The monoisotopic (exact) mass is 251 g/mol. The van der Waals surface area contributed by atoms with Crippen LogP contribution in [-0.4, -0.2) is 32.4 Å². The number of hydrogen-bond acceptors (Lipinski definition) is 5. The fourth-order valence-corrected chi connectivity index (χ4v) is 1.36. The summed E-state index contributed by atoms with van der Waals surface area (Å²) in [6.07, 6.45) is 1.52. The van der Waals surface area contributed by atoms with E-state index in [2.05, 4.69) is 10.4 Å². The molecule has 18 heavy (non-hydrogen) atoms. The van der Waals surface area contributed by atoms with Crippen molar-refractivity contribution in [1.82, 2.24) is 5.32 Å². The number of methoxy groups -OCH3 is 1. The molecule has 6 nitrogen and oxygen atoms in total.